The fourth-order valence-corrected chi connectivity index (χ4v) is 2.88. The lowest BCUT2D eigenvalue weighted by Crippen LogP contribution is -2.31. The molecule has 1 atom stereocenters. The molecule has 0 saturated heterocycles. The average molecular weight is 337 g/mol. The van der Waals surface area contributed by atoms with Gasteiger partial charge >= 0.3 is 5.97 Å². The molecule has 8 heteroatoms. The van der Waals surface area contributed by atoms with Crippen LogP contribution in [0.3, 0.4) is 0 Å². The number of nitriles is 1. The number of carbonyl (C=O) groups is 1. The first-order valence-electron chi connectivity index (χ1n) is 6.91. The molecule has 1 aromatic carbocycles. The maximum absolute atomic E-state index is 12.1. The van der Waals surface area contributed by atoms with Gasteiger partial charge in [-0.2, -0.15) is 5.26 Å². The third-order valence-electron chi connectivity index (χ3n) is 3.04. The average Bonchev–Trinajstić information content (AvgIpc) is 2.55. The number of nitrogens with one attached hydrogen (secondary N) is 2. The molecule has 2 N–H and O–H groups in total. The highest BCUT2D eigenvalue weighted by molar-refractivity contribution is 7.89. The first-order valence-corrected chi connectivity index (χ1v) is 8.39. The summed E-state index contributed by atoms with van der Waals surface area (Å²) in [5, 5.41) is 11.6. The minimum absolute atomic E-state index is 0.140. The van der Waals surface area contributed by atoms with Crippen LogP contribution in [0.15, 0.2) is 40.9 Å². The van der Waals surface area contributed by atoms with Crippen molar-refractivity contribution in [3.05, 3.63) is 36.0 Å². The number of sulfonamides is 1. The third-order valence-corrected chi connectivity index (χ3v) is 4.65. The highest BCUT2D eigenvalue weighted by Crippen LogP contribution is 2.15. The van der Waals surface area contributed by atoms with Crippen molar-refractivity contribution in [2.75, 3.05) is 12.4 Å². The summed E-state index contributed by atoms with van der Waals surface area (Å²) in [6.45, 7) is 3.68. The molecule has 0 radical (unpaired) electrons. The van der Waals surface area contributed by atoms with Crippen molar-refractivity contribution in [1.82, 2.24) is 4.72 Å². The van der Waals surface area contributed by atoms with Crippen LogP contribution in [0.2, 0.25) is 0 Å². The van der Waals surface area contributed by atoms with Gasteiger partial charge in [0.15, 0.2) is 5.57 Å². The van der Waals surface area contributed by atoms with E-state index in [1.165, 1.54) is 37.6 Å². The van der Waals surface area contributed by atoms with E-state index in [9.17, 15) is 13.2 Å². The smallest absolute Gasteiger partial charge is 0.350 e. The summed E-state index contributed by atoms with van der Waals surface area (Å²) in [6.07, 6.45) is 1.89. The normalized spacial score (nSPS) is 13.0. The molecular formula is C15H19N3O4S. The summed E-state index contributed by atoms with van der Waals surface area (Å²) in [4.78, 5) is 11.4. The van der Waals surface area contributed by atoms with Crippen LogP contribution in [0.1, 0.15) is 20.3 Å². The van der Waals surface area contributed by atoms with Crippen molar-refractivity contribution >= 4 is 21.7 Å². The fraction of sp³-hybridized carbons (Fsp3) is 0.333. The minimum Gasteiger partial charge on any atom is -0.465 e. The first-order chi connectivity index (χ1) is 10.8. The van der Waals surface area contributed by atoms with Gasteiger partial charge in [0.05, 0.1) is 12.0 Å². The molecule has 23 heavy (non-hydrogen) atoms. The zero-order chi connectivity index (χ0) is 17.5. The van der Waals surface area contributed by atoms with Crippen molar-refractivity contribution in [1.29, 1.82) is 5.26 Å². The Bertz CT molecular complexity index is 718. The predicted octanol–water partition coefficient (Wildman–Crippen LogP) is 1.76. The molecule has 0 aliphatic rings. The Balaban J connectivity index is 2.87. The summed E-state index contributed by atoms with van der Waals surface area (Å²) < 4.78 is 31.2. The molecule has 1 rings (SSSR count). The van der Waals surface area contributed by atoms with Gasteiger partial charge in [0, 0.05) is 17.9 Å². The van der Waals surface area contributed by atoms with Crippen molar-refractivity contribution in [3.63, 3.8) is 0 Å². The van der Waals surface area contributed by atoms with E-state index >= 15 is 0 Å². The maximum atomic E-state index is 12.1. The molecule has 0 aliphatic heterocycles. The third kappa shape index (κ3) is 5.39. The molecule has 1 aromatic rings. The lowest BCUT2D eigenvalue weighted by molar-refractivity contribution is -0.135. The van der Waals surface area contributed by atoms with Gasteiger partial charge in [0.25, 0.3) is 0 Å². The number of rotatable bonds is 7. The quantitative estimate of drug-likeness (QED) is 0.446. The second kappa shape index (κ2) is 8.31. The second-order valence-corrected chi connectivity index (χ2v) is 6.47. The zero-order valence-corrected chi connectivity index (χ0v) is 14.0. The van der Waals surface area contributed by atoms with Crippen LogP contribution < -0.4 is 10.0 Å². The van der Waals surface area contributed by atoms with E-state index in [1.54, 1.807) is 13.0 Å². The number of methoxy groups -OCH3 is 1. The fourth-order valence-electron chi connectivity index (χ4n) is 1.55. The number of anilines is 1. The SMILES string of the molecule is CCC(C)NS(=O)(=O)c1ccc(N/C=C(/C#N)C(=O)OC)cc1. The molecule has 7 nitrogen and oxygen atoms in total. The summed E-state index contributed by atoms with van der Waals surface area (Å²) in [7, 11) is -2.38. The Morgan fingerprint density at radius 2 is 2.00 bits per heavy atom. The molecule has 0 amide bonds. The zero-order valence-electron chi connectivity index (χ0n) is 13.2. The second-order valence-electron chi connectivity index (χ2n) is 4.76. The van der Waals surface area contributed by atoms with Crippen molar-refractivity contribution < 1.29 is 17.9 Å². The van der Waals surface area contributed by atoms with Crippen LogP contribution in [0.4, 0.5) is 5.69 Å². The number of hydrogen-bond donors (Lipinski definition) is 2. The topological polar surface area (TPSA) is 108 Å². The highest BCUT2D eigenvalue weighted by Gasteiger charge is 2.16. The Morgan fingerprint density at radius 1 is 1.39 bits per heavy atom. The standard InChI is InChI=1S/C15H19N3O4S/c1-4-11(2)18-23(20,21)14-7-5-13(6-8-14)17-10-12(9-16)15(19)22-3/h5-8,10-11,17-18H,4H2,1-3H3/b12-10-. The van der Waals surface area contributed by atoms with Gasteiger partial charge in [-0.15, -0.1) is 0 Å². The molecule has 0 aromatic heterocycles. The van der Waals surface area contributed by atoms with Crippen LogP contribution >= 0.6 is 0 Å². The highest BCUT2D eigenvalue weighted by atomic mass is 32.2. The van der Waals surface area contributed by atoms with Crippen LogP contribution in [0.25, 0.3) is 0 Å². The number of hydrogen-bond acceptors (Lipinski definition) is 6. The van der Waals surface area contributed by atoms with Crippen molar-refractivity contribution in [2.45, 2.75) is 31.2 Å². The Kier molecular flexibility index (Phi) is 6.75. The van der Waals surface area contributed by atoms with Gasteiger partial charge in [-0.1, -0.05) is 6.92 Å². The van der Waals surface area contributed by atoms with Gasteiger partial charge in [-0.05, 0) is 37.6 Å². The number of esters is 1. The molecule has 0 saturated carbocycles. The molecule has 0 spiro atoms. The van der Waals surface area contributed by atoms with Crippen molar-refractivity contribution in [3.8, 4) is 6.07 Å². The minimum atomic E-state index is -3.56. The van der Waals surface area contributed by atoms with E-state index in [1.807, 2.05) is 6.92 Å². The molecule has 0 fully saturated rings. The van der Waals surface area contributed by atoms with E-state index in [0.29, 0.717) is 12.1 Å². The van der Waals surface area contributed by atoms with Gasteiger partial charge in [0.1, 0.15) is 6.07 Å². The number of benzene rings is 1. The predicted molar refractivity (Wildman–Crippen MR) is 85.9 cm³/mol. The van der Waals surface area contributed by atoms with Crippen molar-refractivity contribution in [2.24, 2.45) is 0 Å². The van der Waals surface area contributed by atoms with Gasteiger partial charge in [0.2, 0.25) is 10.0 Å². The van der Waals surface area contributed by atoms with Crippen LogP contribution in [-0.2, 0) is 19.6 Å². The Hall–Kier alpha value is -2.37. The van der Waals surface area contributed by atoms with Crippen LogP contribution in [-0.4, -0.2) is 27.5 Å². The monoisotopic (exact) mass is 337 g/mol. The Morgan fingerprint density at radius 3 is 2.48 bits per heavy atom. The van der Waals surface area contributed by atoms with Gasteiger partial charge < -0.3 is 10.1 Å². The molecule has 124 valence electrons. The lowest BCUT2D eigenvalue weighted by atomic mass is 10.3. The molecule has 0 bridgehead atoms. The van der Waals surface area contributed by atoms with E-state index in [4.69, 9.17) is 5.26 Å². The van der Waals surface area contributed by atoms with E-state index < -0.39 is 16.0 Å². The molecule has 1 unspecified atom stereocenters. The number of nitrogens with zero attached hydrogens (tertiary/aromatic N) is 1. The first kappa shape index (κ1) is 18.7. The summed E-state index contributed by atoms with van der Waals surface area (Å²) >= 11 is 0. The Labute approximate surface area is 136 Å². The van der Waals surface area contributed by atoms with Gasteiger partial charge in [-0.3, -0.25) is 0 Å². The van der Waals surface area contributed by atoms with E-state index in [0.717, 1.165) is 0 Å². The number of ether oxygens (including phenoxy) is 1. The van der Waals surface area contributed by atoms with E-state index in [-0.39, 0.29) is 16.5 Å². The summed E-state index contributed by atoms with van der Waals surface area (Å²) in [5.41, 5.74) is 0.340. The number of carbonyl (C=O) groups excluding carboxylic acids is 1. The maximum Gasteiger partial charge on any atom is 0.350 e. The van der Waals surface area contributed by atoms with E-state index in [2.05, 4.69) is 14.8 Å². The largest absolute Gasteiger partial charge is 0.465 e. The van der Waals surface area contributed by atoms with Crippen LogP contribution in [0, 0.1) is 11.3 Å². The summed E-state index contributed by atoms with van der Waals surface area (Å²) in [5.74, 6) is -0.753. The molecular weight excluding hydrogens is 318 g/mol. The molecule has 0 aliphatic carbocycles. The van der Waals surface area contributed by atoms with Gasteiger partial charge in [-0.25, -0.2) is 17.9 Å². The van der Waals surface area contributed by atoms with Crippen LogP contribution in [0.5, 0.6) is 0 Å². The molecule has 0 heterocycles. The summed E-state index contributed by atoms with van der Waals surface area (Å²) in [6, 6.07) is 7.49. The lowest BCUT2D eigenvalue weighted by Gasteiger charge is -2.12.